The van der Waals surface area contributed by atoms with Crippen LogP contribution in [0.4, 0.5) is 0 Å². The van der Waals surface area contributed by atoms with Gasteiger partial charge in [-0.25, -0.2) is 13.1 Å². The molecular formula is C20H27ClN2O3S. The van der Waals surface area contributed by atoms with Crippen molar-refractivity contribution in [3.8, 4) is 5.75 Å². The first-order chi connectivity index (χ1) is 12.3. The molecule has 27 heavy (non-hydrogen) atoms. The molecule has 1 aliphatic heterocycles. The molecule has 1 heterocycles. The van der Waals surface area contributed by atoms with Crippen molar-refractivity contribution in [1.82, 2.24) is 10.0 Å². The van der Waals surface area contributed by atoms with Crippen LogP contribution in [0.5, 0.6) is 5.75 Å². The highest BCUT2D eigenvalue weighted by atomic mass is 35.5. The quantitative estimate of drug-likeness (QED) is 0.763. The molecule has 2 aromatic rings. The minimum absolute atomic E-state index is 0. The van der Waals surface area contributed by atoms with Crippen molar-refractivity contribution < 1.29 is 13.2 Å². The summed E-state index contributed by atoms with van der Waals surface area (Å²) in [5.41, 5.74) is 5.05. The van der Waals surface area contributed by atoms with Gasteiger partial charge in [0.05, 0.1) is 12.0 Å². The summed E-state index contributed by atoms with van der Waals surface area (Å²) < 4.78 is 33.9. The normalized spacial score (nSPS) is 13.4. The van der Waals surface area contributed by atoms with E-state index < -0.39 is 10.0 Å². The number of nitrogens with one attached hydrogen (secondary N) is 2. The topological polar surface area (TPSA) is 67.4 Å². The fraction of sp³-hybridized carbons (Fsp3) is 0.400. The Kier molecular flexibility index (Phi) is 6.92. The number of methoxy groups -OCH3 is 1. The van der Waals surface area contributed by atoms with Gasteiger partial charge in [0.2, 0.25) is 10.0 Å². The van der Waals surface area contributed by atoms with E-state index in [4.69, 9.17) is 4.74 Å². The molecule has 0 radical (unpaired) electrons. The molecule has 0 saturated carbocycles. The summed E-state index contributed by atoms with van der Waals surface area (Å²) in [6.45, 7) is 7.83. The Hall–Kier alpha value is -1.60. The molecule has 5 nitrogen and oxygen atoms in total. The van der Waals surface area contributed by atoms with E-state index >= 15 is 0 Å². The lowest BCUT2D eigenvalue weighted by molar-refractivity contribution is 0.406. The standard InChI is InChI=1S/C20H26N2O3S.ClH/c1-13(2)18-9-20(14(3)7-19(18)25-4)26(23,24)22-10-15-5-6-16-11-21-12-17(16)8-15;/h5-9,13,21-22H,10-12H2,1-4H3;1H. The van der Waals surface area contributed by atoms with Gasteiger partial charge in [-0.15, -0.1) is 12.4 Å². The number of ether oxygens (including phenoxy) is 1. The van der Waals surface area contributed by atoms with Gasteiger partial charge in [0.25, 0.3) is 0 Å². The van der Waals surface area contributed by atoms with Crippen molar-refractivity contribution in [2.45, 2.75) is 51.2 Å². The fourth-order valence-corrected chi connectivity index (χ4v) is 4.59. The van der Waals surface area contributed by atoms with Crippen molar-refractivity contribution in [3.63, 3.8) is 0 Å². The monoisotopic (exact) mass is 410 g/mol. The minimum atomic E-state index is -3.61. The highest BCUT2D eigenvalue weighted by Crippen LogP contribution is 2.31. The Bertz CT molecular complexity index is 927. The summed E-state index contributed by atoms with van der Waals surface area (Å²) in [7, 11) is -2.00. The zero-order valence-electron chi connectivity index (χ0n) is 16.1. The third-order valence-corrected chi connectivity index (χ3v) is 6.35. The van der Waals surface area contributed by atoms with Crippen molar-refractivity contribution >= 4 is 22.4 Å². The molecular weight excluding hydrogens is 384 g/mol. The number of hydrogen-bond acceptors (Lipinski definition) is 4. The first kappa shape index (κ1) is 21.7. The highest BCUT2D eigenvalue weighted by Gasteiger charge is 2.21. The molecule has 1 aliphatic rings. The van der Waals surface area contributed by atoms with Gasteiger partial charge in [0.15, 0.2) is 0 Å². The van der Waals surface area contributed by atoms with Crippen molar-refractivity contribution in [1.29, 1.82) is 0 Å². The van der Waals surface area contributed by atoms with Crippen LogP contribution in [0, 0.1) is 6.92 Å². The number of fused-ring (bicyclic) bond motifs is 1. The maximum absolute atomic E-state index is 12.9. The molecule has 0 aliphatic carbocycles. The molecule has 7 heteroatoms. The molecule has 0 aromatic heterocycles. The van der Waals surface area contributed by atoms with Gasteiger partial charge < -0.3 is 10.1 Å². The second-order valence-electron chi connectivity index (χ2n) is 7.05. The summed E-state index contributed by atoms with van der Waals surface area (Å²) in [5, 5.41) is 3.30. The van der Waals surface area contributed by atoms with Gasteiger partial charge in [-0.3, -0.25) is 0 Å². The van der Waals surface area contributed by atoms with Crippen molar-refractivity contribution in [2.24, 2.45) is 0 Å². The molecule has 0 amide bonds. The predicted molar refractivity (Wildman–Crippen MR) is 110 cm³/mol. The zero-order chi connectivity index (χ0) is 18.9. The fourth-order valence-electron chi connectivity index (χ4n) is 3.31. The van der Waals surface area contributed by atoms with Crippen LogP contribution in [0.15, 0.2) is 35.2 Å². The SMILES string of the molecule is COc1cc(C)c(S(=O)(=O)NCc2ccc3c(c2)CNC3)cc1C(C)C.Cl. The van der Waals surface area contributed by atoms with Crippen LogP contribution in [0.3, 0.4) is 0 Å². The summed E-state index contributed by atoms with van der Waals surface area (Å²) >= 11 is 0. The zero-order valence-corrected chi connectivity index (χ0v) is 17.8. The molecule has 3 rings (SSSR count). The van der Waals surface area contributed by atoms with E-state index in [0.29, 0.717) is 10.5 Å². The summed E-state index contributed by atoms with van der Waals surface area (Å²) in [6.07, 6.45) is 0. The number of aryl methyl sites for hydroxylation is 1. The Morgan fingerprint density at radius 2 is 1.85 bits per heavy atom. The van der Waals surface area contributed by atoms with Gasteiger partial charge in [-0.2, -0.15) is 0 Å². The first-order valence-corrected chi connectivity index (χ1v) is 10.3. The predicted octanol–water partition coefficient (Wildman–Crippen LogP) is 3.63. The largest absolute Gasteiger partial charge is 0.496 e. The van der Waals surface area contributed by atoms with Crippen LogP contribution in [-0.2, 0) is 29.7 Å². The first-order valence-electron chi connectivity index (χ1n) is 8.81. The highest BCUT2D eigenvalue weighted by molar-refractivity contribution is 7.89. The van der Waals surface area contributed by atoms with Crippen LogP contribution in [0.1, 0.15) is 47.6 Å². The van der Waals surface area contributed by atoms with E-state index in [-0.39, 0.29) is 24.9 Å². The third-order valence-electron chi connectivity index (χ3n) is 4.81. The molecule has 0 saturated heterocycles. The van der Waals surface area contributed by atoms with E-state index in [1.807, 2.05) is 19.9 Å². The molecule has 2 N–H and O–H groups in total. The molecule has 0 unspecified atom stereocenters. The Labute approximate surface area is 168 Å². The maximum Gasteiger partial charge on any atom is 0.241 e. The second-order valence-corrected chi connectivity index (χ2v) is 8.78. The summed E-state index contributed by atoms with van der Waals surface area (Å²) in [5.74, 6) is 0.895. The molecule has 0 bridgehead atoms. The van der Waals surface area contributed by atoms with E-state index in [9.17, 15) is 8.42 Å². The summed E-state index contributed by atoms with van der Waals surface area (Å²) in [4.78, 5) is 0.310. The molecule has 148 valence electrons. The van der Waals surface area contributed by atoms with Gasteiger partial charge in [0, 0.05) is 19.6 Å². The number of sulfonamides is 1. The number of halogens is 1. The lowest BCUT2D eigenvalue weighted by Crippen LogP contribution is -2.24. The second kappa shape index (κ2) is 8.61. The van der Waals surface area contributed by atoms with Gasteiger partial charge in [0.1, 0.15) is 5.75 Å². The summed E-state index contributed by atoms with van der Waals surface area (Å²) in [6, 6.07) is 9.64. The van der Waals surface area contributed by atoms with Crippen LogP contribution in [-0.4, -0.2) is 15.5 Å². The average molecular weight is 411 g/mol. The van der Waals surface area contributed by atoms with Gasteiger partial charge in [-0.05, 0) is 52.8 Å². The van der Waals surface area contributed by atoms with E-state index in [1.54, 1.807) is 26.2 Å². The maximum atomic E-state index is 12.9. The number of benzene rings is 2. The van der Waals surface area contributed by atoms with Crippen molar-refractivity contribution in [2.75, 3.05) is 7.11 Å². The van der Waals surface area contributed by atoms with Gasteiger partial charge in [-0.1, -0.05) is 32.0 Å². The average Bonchev–Trinajstić information content (AvgIpc) is 3.07. The molecule has 0 spiro atoms. The van der Waals surface area contributed by atoms with Gasteiger partial charge >= 0.3 is 0 Å². The number of hydrogen-bond donors (Lipinski definition) is 2. The number of rotatable bonds is 6. The Morgan fingerprint density at radius 3 is 2.52 bits per heavy atom. The van der Waals surface area contributed by atoms with Crippen LogP contribution in [0.25, 0.3) is 0 Å². The minimum Gasteiger partial charge on any atom is -0.496 e. The van der Waals surface area contributed by atoms with Crippen LogP contribution in [0.2, 0.25) is 0 Å². The van der Waals surface area contributed by atoms with E-state index in [1.165, 1.54) is 11.1 Å². The van der Waals surface area contributed by atoms with Crippen LogP contribution < -0.4 is 14.8 Å². The molecule has 0 atom stereocenters. The van der Waals surface area contributed by atoms with E-state index in [0.717, 1.165) is 30.0 Å². The third kappa shape index (κ3) is 4.63. The van der Waals surface area contributed by atoms with Crippen molar-refractivity contribution in [3.05, 3.63) is 58.1 Å². The van der Waals surface area contributed by atoms with E-state index in [2.05, 4.69) is 22.2 Å². The lowest BCUT2D eigenvalue weighted by atomic mass is 10.0. The van der Waals surface area contributed by atoms with Crippen LogP contribution >= 0.6 is 12.4 Å². The lowest BCUT2D eigenvalue weighted by Gasteiger charge is -2.17. The molecule has 2 aromatic carbocycles. The smallest absolute Gasteiger partial charge is 0.241 e. The molecule has 0 fully saturated rings. The Balaban J connectivity index is 0.00000261. The Morgan fingerprint density at radius 1 is 1.15 bits per heavy atom.